The first-order valence-corrected chi connectivity index (χ1v) is 5.78. The molecule has 0 radical (unpaired) electrons. The molecule has 2 heterocycles. The highest BCUT2D eigenvalue weighted by molar-refractivity contribution is 5.62. The molecule has 2 aromatic heterocycles. The first-order chi connectivity index (χ1) is 9.22. The number of benzene rings is 1. The Bertz CT molecular complexity index is 853. The second-order valence-corrected chi connectivity index (χ2v) is 4.22. The van der Waals surface area contributed by atoms with E-state index in [0.29, 0.717) is 16.8 Å². The Morgan fingerprint density at radius 3 is 2.68 bits per heavy atom. The SMILES string of the molecule is Cc1cc(=O)n2ncn(-c3ccccc3)c2c1C#N. The van der Waals surface area contributed by atoms with Gasteiger partial charge in [0.1, 0.15) is 12.4 Å². The lowest BCUT2D eigenvalue weighted by Gasteiger charge is -2.05. The Balaban J connectivity index is 2.47. The molecular formula is C14H10N4O. The molecule has 0 amide bonds. The van der Waals surface area contributed by atoms with Gasteiger partial charge in [0, 0.05) is 11.8 Å². The summed E-state index contributed by atoms with van der Waals surface area (Å²) in [4.78, 5) is 11.9. The standard InChI is InChI=1S/C14H10N4O/c1-10-7-13(19)18-14(12(10)8-15)17(9-16-18)11-5-3-2-4-6-11/h2-7,9H,1H3. The number of hydrogen-bond donors (Lipinski definition) is 0. The van der Waals surface area contributed by atoms with Gasteiger partial charge >= 0.3 is 0 Å². The average molecular weight is 250 g/mol. The highest BCUT2D eigenvalue weighted by Gasteiger charge is 2.13. The summed E-state index contributed by atoms with van der Waals surface area (Å²) in [5.41, 5.74) is 2.24. The Hall–Kier alpha value is -2.87. The van der Waals surface area contributed by atoms with E-state index in [1.54, 1.807) is 17.8 Å². The monoisotopic (exact) mass is 250 g/mol. The molecule has 0 aliphatic heterocycles. The highest BCUT2D eigenvalue weighted by Crippen LogP contribution is 2.16. The minimum Gasteiger partial charge on any atom is -0.282 e. The Labute approximate surface area is 109 Å². The number of nitriles is 1. The van der Waals surface area contributed by atoms with Crippen molar-refractivity contribution in [2.45, 2.75) is 6.92 Å². The molecule has 92 valence electrons. The van der Waals surface area contributed by atoms with Crippen molar-refractivity contribution in [3.63, 3.8) is 0 Å². The van der Waals surface area contributed by atoms with Crippen LogP contribution in [0.15, 0.2) is 47.5 Å². The Kier molecular flexibility index (Phi) is 2.43. The number of rotatable bonds is 1. The van der Waals surface area contributed by atoms with E-state index >= 15 is 0 Å². The number of aromatic nitrogens is 3. The van der Waals surface area contributed by atoms with Crippen LogP contribution in [0.5, 0.6) is 0 Å². The zero-order chi connectivity index (χ0) is 13.4. The van der Waals surface area contributed by atoms with Gasteiger partial charge in [0.15, 0.2) is 5.65 Å². The minimum absolute atomic E-state index is 0.235. The molecule has 19 heavy (non-hydrogen) atoms. The van der Waals surface area contributed by atoms with Crippen LogP contribution in [0.3, 0.4) is 0 Å². The number of para-hydroxylation sites is 1. The van der Waals surface area contributed by atoms with Gasteiger partial charge in [-0.2, -0.15) is 14.9 Å². The number of fused-ring (bicyclic) bond motifs is 1. The van der Waals surface area contributed by atoms with Gasteiger partial charge in [0.05, 0.1) is 5.56 Å². The summed E-state index contributed by atoms with van der Waals surface area (Å²) in [7, 11) is 0. The van der Waals surface area contributed by atoms with E-state index in [2.05, 4.69) is 11.2 Å². The lowest BCUT2D eigenvalue weighted by Crippen LogP contribution is -2.15. The van der Waals surface area contributed by atoms with Crippen molar-refractivity contribution in [1.29, 1.82) is 5.26 Å². The third kappa shape index (κ3) is 1.62. The molecule has 5 nitrogen and oxygen atoms in total. The minimum atomic E-state index is -0.235. The van der Waals surface area contributed by atoms with Crippen LogP contribution >= 0.6 is 0 Å². The molecule has 3 aromatic rings. The van der Waals surface area contributed by atoms with Crippen LogP contribution in [0.2, 0.25) is 0 Å². The number of aryl methyl sites for hydroxylation is 1. The van der Waals surface area contributed by atoms with Crippen LogP contribution in [0.25, 0.3) is 11.3 Å². The first kappa shape index (κ1) is 11.2. The third-order valence-electron chi connectivity index (χ3n) is 3.02. The second kappa shape index (κ2) is 4.10. The lowest BCUT2D eigenvalue weighted by atomic mass is 10.1. The fraction of sp³-hybridized carbons (Fsp3) is 0.0714. The molecule has 1 aromatic carbocycles. The van der Waals surface area contributed by atoms with Crippen LogP contribution in [0.4, 0.5) is 0 Å². The van der Waals surface area contributed by atoms with Crippen LogP contribution in [-0.2, 0) is 0 Å². The van der Waals surface area contributed by atoms with Gasteiger partial charge in [-0.1, -0.05) is 18.2 Å². The van der Waals surface area contributed by atoms with Crippen LogP contribution in [-0.4, -0.2) is 14.2 Å². The zero-order valence-corrected chi connectivity index (χ0v) is 10.2. The van der Waals surface area contributed by atoms with Crippen molar-refractivity contribution in [2.75, 3.05) is 0 Å². The summed E-state index contributed by atoms with van der Waals surface area (Å²) in [6, 6.07) is 13.1. The Morgan fingerprint density at radius 1 is 1.26 bits per heavy atom. The van der Waals surface area contributed by atoms with Crippen molar-refractivity contribution >= 4 is 5.65 Å². The molecule has 3 rings (SSSR count). The van der Waals surface area contributed by atoms with Gasteiger partial charge in [0.2, 0.25) is 0 Å². The zero-order valence-electron chi connectivity index (χ0n) is 10.2. The molecule has 0 bridgehead atoms. The maximum atomic E-state index is 11.9. The number of hydrogen-bond acceptors (Lipinski definition) is 3. The maximum Gasteiger partial charge on any atom is 0.273 e. The topological polar surface area (TPSA) is 63.1 Å². The van der Waals surface area contributed by atoms with Crippen LogP contribution in [0.1, 0.15) is 11.1 Å². The van der Waals surface area contributed by atoms with Crippen molar-refractivity contribution in [1.82, 2.24) is 14.2 Å². The summed E-state index contributed by atoms with van der Waals surface area (Å²) >= 11 is 0. The molecule has 0 saturated heterocycles. The molecule has 0 saturated carbocycles. The fourth-order valence-corrected chi connectivity index (χ4v) is 2.11. The molecule has 5 heteroatoms. The van der Waals surface area contributed by atoms with Gasteiger partial charge < -0.3 is 0 Å². The van der Waals surface area contributed by atoms with Gasteiger partial charge in [-0.25, -0.2) is 0 Å². The molecular weight excluding hydrogens is 240 g/mol. The molecule has 0 aliphatic carbocycles. The maximum absolute atomic E-state index is 11.9. The van der Waals surface area contributed by atoms with E-state index in [1.807, 2.05) is 30.3 Å². The number of pyridine rings is 1. The molecule has 0 aliphatic rings. The third-order valence-corrected chi connectivity index (χ3v) is 3.02. The Morgan fingerprint density at radius 2 is 2.00 bits per heavy atom. The highest BCUT2D eigenvalue weighted by atomic mass is 16.1. The summed E-state index contributed by atoms with van der Waals surface area (Å²) in [5.74, 6) is 0. The van der Waals surface area contributed by atoms with E-state index < -0.39 is 0 Å². The molecule has 0 unspecified atom stereocenters. The molecule has 0 N–H and O–H groups in total. The average Bonchev–Trinajstić information content (AvgIpc) is 2.85. The second-order valence-electron chi connectivity index (χ2n) is 4.22. The predicted molar refractivity (Wildman–Crippen MR) is 70.2 cm³/mol. The molecule has 0 spiro atoms. The van der Waals surface area contributed by atoms with Crippen molar-refractivity contribution in [3.05, 3.63) is 64.2 Å². The van der Waals surface area contributed by atoms with Crippen molar-refractivity contribution in [2.24, 2.45) is 0 Å². The first-order valence-electron chi connectivity index (χ1n) is 5.78. The van der Waals surface area contributed by atoms with Crippen LogP contribution in [0, 0.1) is 18.3 Å². The van der Waals surface area contributed by atoms with Crippen molar-refractivity contribution in [3.8, 4) is 11.8 Å². The summed E-state index contributed by atoms with van der Waals surface area (Å²) in [6.07, 6.45) is 1.55. The largest absolute Gasteiger partial charge is 0.282 e. The quantitative estimate of drug-likeness (QED) is 0.660. The molecule has 0 atom stereocenters. The van der Waals surface area contributed by atoms with Gasteiger partial charge in [0.25, 0.3) is 5.56 Å². The van der Waals surface area contributed by atoms with Gasteiger partial charge in [-0.3, -0.25) is 9.36 Å². The summed E-state index contributed by atoms with van der Waals surface area (Å²) in [6.45, 7) is 1.75. The lowest BCUT2D eigenvalue weighted by molar-refractivity contribution is 0.914. The summed E-state index contributed by atoms with van der Waals surface area (Å²) < 4.78 is 2.99. The predicted octanol–water partition coefficient (Wildman–Crippen LogP) is 1.67. The summed E-state index contributed by atoms with van der Waals surface area (Å²) in [5, 5.41) is 13.4. The number of nitrogens with zero attached hydrogens (tertiary/aromatic N) is 4. The van der Waals surface area contributed by atoms with E-state index in [-0.39, 0.29) is 5.56 Å². The van der Waals surface area contributed by atoms with Gasteiger partial charge in [-0.15, -0.1) is 0 Å². The fourth-order valence-electron chi connectivity index (χ4n) is 2.11. The van der Waals surface area contributed by atoms with Crippen molar-refractivity contribution < 1.29 is 0 Å². The van der Waals surface area contributed by atoms with E-state index in [1.165, 1.54) is 10.6 Å². The van der Waals surface area contributed by atoms with E-state index in [4.69, 9.17) is 0 Å². The normalized spacial score (nSPS) is 10.5. The van der Waals surface area contributed by atoms with Crippen LogP contribution < -0.4 is 5.56 Å². The van der Waals surface area contributed by atoms with E-state index in [9.17, 15) is 10.1 Å². The van der Waals surface area contributed by atoms with Gasteiger partial charge in [-0.05, 0) is 24.6 Å². The van der Waals surface area contributed by atoms with E-state index in [0.717, 1.165) is 5.69 Å². The smallest absolute Gasteiger partial charge is 0.273 e. The molecule has 0 fully saturated rings.